The summed E-state index contributed by atoms with van der Waals surface area (Å²) in [6.45, 7) is 2.59. The van der Waals surface area contributed by atoms with Crippen LogP contribution in [0.2, 0.25) is 0 Å². The molecule has 0 unspecified atom stereocenters. The van der Waals surface area contributed by atoms with Crippen molar-refractivity contribution in [2.75, 3.05) is 36.4 Å². The molecule has 1 aromatic heterocycles. The molecule has 2 heterocycles. The molecule has 0 atom stereocenters. The van der Waals surface area contributed by atoms with Gasteiger partial charge < -0.3 is 19.5 Å². The largest absolute Gasteiger partial charge is 0.459 e. The topological polar surface area (TPSA) is 121 Å². The molecule has 0 saturated carbocycles. The maximum atomic E-state index is 12.4. The van der Waals surface area contributed by atoms with Crippen LogP contribution in [-0.2, 0) is 0 Å². The maximum Gasteiger partial charge on any atom is 0.289 e. The van der Waals surface area contributed by atoms with Crippen LogP contribution in [0, 0.1) is 10.1 Å². The van der Waals surface area contributed by atoms with Gasteiger partial charge in [0.25, 0.3) is 17.5 Å². The van der Waals surface area contributed by atoms with Gasteiger partial charge in [0.1, 0.15) is 0 Å². The van der Waals surface area contributed by atoms with Gasteiger partial charge in [-0.2, -0.15) is 0 Å². The predicted octanol–water partition coefficient (Wildman–Crippen LogP) is 3.28. The van der Waals surface area contributed by atoms with E-state index in [1.165, 1.54) is 30.5 Å². The number of nitro groups is 1. The van der Waals surface area contributed by atoms with Crippen molar-refractivity contribution in [3.05, 3.63) is 88.4 Å². The van der Waals surface area contributed by atoms with E-state index in [9.17, 15) is 19.7 Å². The Hall–Kier alpha value is -4.25. The zero-order valence-electron chi connectivity index (χ0n) is 18.0. The number of piperazine rings is 1. The van der Waals surface area contributed by atoms with Crippen LogP contribution in [0.1, 0.15) is 20.9 Å². The molecule has 1 aliphatic heterocycles. The van der Waals surface area contributed by atoms with Crippen molar-refractivity contribution in [2.24, 2.45) is 0 Å². The number of hydrogen-bond donors (Lipinski definition) is 2. The number of nitro benzene ring substituents is 1. The van der Waals surface area contributed by atoms with Gasteiger partial charge in [-0.05, 0) is 60.7 Å². The highest BCUT2D eigenvalue weighted by atomic mass is 32.1. The number of non-ortho nitro benzene ring substituents is 1. The summed E-state index contributed by atoms with van der Waals surface area (Å²) in [6, 6.07) is 16.2. The lowest BCUT2D eigenvalue weighted by Crippen LogP contribution is -2.48. The number of benzene rings is 2. The van der Waals surface area contributed by atoms with Crippen molar-refractivity contribution in [2.45, 2.75) is 0 Å². The average molecular weight is 480 g/mol. The number of thiocarbonyl (C=S) groups is 1. The van der Waals surface area contributed by atoms with Crippen LogP contribution in [0.3, 0.4) is 0 Å². The van der Waals surface area contributed by atoms with E-state index in [0.29, 0.717) is 37.6 Å². The van der Waals surface area contributed by atoms with Crippen LogP contribution in [0.5, 0.6) is 0 Å². The molecular weight excluding hydrogens is 458 g/mol. The molecule has 11 heteroatoms. The number of nitrogens with zero attached hydrogens (tertiary/aromatic N) is 3. The van der Waals surface area contributed by atoms with Gasteiger partial charge in [0.05, 0.1) is 11.2 Å². The Morgan fingerprint density at radius 1 is 0.971 bits per heavy atom. The normalized spacial score (nSPS) is 13.3. The van der Waals surface area contributed by atoms with Gasteiger partial charge >= 0.3 is 0 Å². The summed E-state index contributed by atoms with van der Waals surface area (Å²) in [7, 11) is 0. The Morgan fingerprint density at radius 3 is 2.24 bits per heavy atom. The van der Waals surface area contributed by atoms with Crippen molar-refractivity contribution in [1.29, 1.82) is 0 Å². The Morgan fingerprint density at radius 2 is 1.65 bits per heavy atom. The van der Waals surface area contributed by atoms with Gasteiger partial charge in [-0.25, -0.2) is 0 Å². The summed E-state index contributed by atoms with van der Waals surface area (Å²) in [5.74, 6) is -0.222. The van der Waals surface area contributed by atoms with Gasteiger partial charge in [-0.1, -0.05) is 0 Å². The summed E-state index contributed by atoms with van der Waals surface area (Å²) in [5.41, 5.74) is 1.87. The van der Waals surface area contributed by atoms with Crippen LogP contribution in [-0.4, -0.2) is 52.9 Å². The zero-order valence-corrected chi connectivity index (χ0v) is 18.8. The molecular formula is C23H21N5O5S. The minimum atomic E-state index is -0.530. The molecule has 0 radical (unpaired) electrons. The Labute approximate surface area is 200 Å². The first-order chi connectivity index (χ1) is 16.4. The summed E-state index contributed by atoms with van der Waals surface area (Å²) in [5, 5.41) is 16.3. The van der Waals surface area contributed by atoms with E-state index < -0.39 is 10.8 Å². The molecule has 2 aromatic carbocycles. The second-order valence-electron chi connectivity index (χ2n) is 7.52. The van der Waals surface area contributed by atoms with Gasteiger partial charge in [-0.3, -0.25) is 25.0 Å². The second kappa shape index (κ2) is 10.1. The molecule has 1 saturated heterocycles. The quantitative estimate of drug-likeness (QED) is 0.325. The van der Waals surface area contributed by atoms with Crippen molar-refractivity contribution in [1.82, 2.24) is 10.2 Å². The molecule has 0 bridgehead atoms. The standard InChI is InChI=1S/C23H21N5O5S/c29-21(16-3-7-19(8-4-16)28(31)32)25-23(34)24-17-5-9-18(10-6-17)26-11-13-27(14-12-26)22(30)20-2-1-15-33-20/h1-10,15H,11-14H2,(H2,24,25,29,34). The number of carbonyl (C=O) groups is 2. The fourth-order valence-corrected chi connectivity index (χ4v) is 3.76. The monoisotopic (exact) mass is 479 g/mol. The van der Waals surface area contributed by atoms with E-state index in [1.807, 2.05) is 24.3 Å². The Bertz CT molecular complexity index is 1190. The maximum absolute atomic E-state index is 12.4. The fraction of sp³-hybridized carbons (Fsp3) is 0.174. The highest BCUT2D eigenvalue weighted by Gasteiger charge is 2.23. The number of rotatable bonds is 5. The van der Waals surface area contributed by atoms with Crippen LogP contribution >= 0.6 is 12.2 Å². The van der Waals surface area contributed by atoms with Crippen molar-refractivity contribution < 1.29 is 18.9 Å². The summed E-state index contributed by atoms with van der Waals surface area (Å²) >= 11 is 5.20. The molecule has 34 heavy (non-hydrogen) atoms. The molecule has 3 aromatic rings. The molecule has 0 spiro atoms. The molecule has 10 nitrogen and oxygen atoms in total. The lowest BCUT2D eigenvalue weighted by atomic mass is 10.2. The van der Waals surface area contributed by atoms with E-state index in [2.05, 4.69) is 15.5 Å². The van der Waals surface area contributed by atoms with Crippen molar-refractivity contribution >= 4 is 46.2 Å². The zero-order chi connectivity index (χ0) is 24.1. The summed E-state index contributed by atoms with van der Waals surface area (Å²) in [4.78, 5) is 38.8. The van der Waals surface area contributed by atoms with Gasteiger partial charge in [0, 0.05) is 55.2 Å². The van der Waals surface area contributed by atoms with Crippen molar-refractivity contribution in [3.8, 4) is 0 Å². The first kappa shape index (κ1) is 22.9. The Kier molecular flexibility index (Phi) is 6.83. The number of nitrogens with one attached hydrogen (secondary N) is 2. The number of carbonyl (C=O) groups excluding carboxylic acids is 2. The molecule has 0 aliphatic carbocycles. The number of amides is 2. The third-order valence-electron chi connectivity index (χ3n) is 5.36. The third kappa shape index (κ3) is 5.38. The molecule has 174 valence electrons. The van der Waals surface area contributed by atoms with E-state index in [4.69, 9.17) is 16.6 Å². The first-order valence-corrected chi connectivity index (χ1v) is 10.9. The Balaban J connectivity index is 1.27. The number of hydrogen-bond acceptors (Lipinski definition) is 7. The van der Waals surface area contributed by atoms with Gasteiger partial charge in [-0.15, -0.1) is 0 Å². The van der Waals surface area contributed by atoms with Crippen LogP contribution in [0.4, 0.5) is 17.1 Å². The third-order valence-corrected chi connectivity index (χ3v) is 5.56. The SMILES string of the molecule is O=C(NC(=S)Nc1ccc(N2CCN(C(=O)c3ccco3)CC2)cc1)c1ccc([N+](=O)[O-])cc1. The van der Waals surface area contributed by atoms with Gasteiger partial charge in [0.15, 0.2) is 10.9 Å². The lowest BCUT2D eigenvalue weighted by Gasteiger charge is -2.35. The van der Waals surface area contributed by atoms with E-state index in [-0.39, 0.29) is 22.3 Å². The van der Waals surface area contributed by atoms with Crippen molar-refractivity contribution in [3.63, 3.8) is 0 Å². The van der Waals surface area contributed by atoms with E-state index in [1.54, 1.807) is 17.0 Å². The highest BCUT2D eigenvalue weighted by molar-refractivity contribution is 7.80. The van der Waals surface area contributed by atoms with E-state index in [0.717, 1.165) is 5.69 Å². The van der Waals surface area contributed by atoms with Crippen LogP contribution < -0.4 is 15.5 Å². The molecule has 4 rings (SSSR count). The fourth-order valence-electron chi connectivity index (χ4n) is 3.55. The summed E-state index contributed by atoms with van der Waals surface area (Å²) < 4.78 is 5.19. The highest BCUT2D eigenvalue weighted by Crippen LogP contribution is 2.20. The lowest BCUT2D eigenvalue weighted by molar-refractivity contribution is -0.384. The van der Waals surface area contributed by atoms with Crippen LogP contribution in [0.15, 0.2) is 71.3 Å². The molecule has 2 amide bonds. The van der Waals surface area contributed by atoms with Crippen LogP contribution in [0.25, 0.3) is 0 Å². The molecule has 2 N–H and O–H groups in total. The predicted molar refractivity (Wildman–Crippen MR) is 130 cm³/mol. The summed E-state index contributed by atoms with van der Waals surface area (Å²) in [6.07, 6.45) is 1.49. The van der Waals surface area contributed by atoms with Gasteiger partial charge in [0.2, 0.25) is 0 Å². The minimum Gasteiger partial charge on any atom is -0.459 e. The average Bonchev–Trinajstić information content (AvgIpc) is 3.39. The molecule has 1 aliphatic rings. The first-order valence-electron chi connectivity index (χ1n) is 10.5. The second-order valence-corrected chi connectivity index (χ2v) is 7.92. The van der Waals surface area contributed by atoms with E-state index >= 15 is 0 Å². The number of anilines is 2. The molecule has 1 fully saturated rings. The smallest absolute Gasteiger partial charge is 0.289 e. The minimum absolute atomic E-state index is 0.0946. The number of furan rings is 1.